The lowest BCUT2D eigenvalue weighted by atomic mass is 10.1. The molecule has 0 fully saturated rings. The molecular formula is C16H10BrF5N2O. The van der Waals surface area contributed by atoms with Crippen LogP contribution in [0.25, 0.3) is 0 Å². The van der Waals surface area contributed by atoms with Crippen LogP contribution in [0.5, 0.6) is 5.75 Å². The summed E-state index contributed by atoms with van der Waals surface area (Å²) < 4.78 is 73.7. The van der Waals surface area contributed by atoms with E-state index in [1.54, 1.807) is 6.07 Å². The molecule has 2 atom stereocenters. The number of halogens is 6. The molecule has 0 amide bonds. The SMILES string of the molecule is C/C=C(/Br)C1=C(C(=N)Oc2cc(F)cc(C#N)c2)C(F)C(F)(F)C1F. The summed E-state index contributed by atoms with van der Waals surface area (Å²) in [6, 6.07) is 4.35. The molecule has 0 spiro atoms. The number of nitrogens with one attached hydrogen (secondary N) is 1. The van der Waals surface area contributed by atoms with Crippen molar-refractivity contribution in [2.45, 2.75) is 25.2 Å². The highest BCUT2D eigenvalue weighted by Gasteiger charge is 2.60. The first-order chi connectivity index (χ1) is 11.6. The maximum absolute atomic E-state index is 14.1. The standard InChI is InChI=1S/C16H10BrF5N2O/c1-2-10(17)11-12(14(20)16(21,22)13(11)19)15(24)25-9-4-7(6-23)3-8(18)5-9/h2-5,13-14,24H,1H3/b10-2+,24-15?. The number of alkyl halides is 4. The van der Waals surface area contributed by atoms with E-state index < -0.39 is 41.1 Å². The van der Waals surface area contributed by atoms with Gasteiger partial charge in [0.15, 0.2) is 12.3 Å². The predicted octanol–water partition coefficient (Wildman–Crippen LogP) is 4.97. The fraction of sp³-hybridized carbons (Fsp3) is 0.250. The maximum atomic E-state index is 14.1. The van der Waals surface area contributed by atoms with Crippen LogP contribution in [0.4, 0.5) is 22.0 Å². The number of ether oxygens (including phenoxy) is 1. The number of hydrogen-bond donors (Lipinski definition) is 1. The molecule has 3 nitrogen and oxygen atoms in total. The van der Waals surface area contributed by atoms with Crippen LogP contribution >= 0.6 is 15.9 Å². The number of benzene rings is 1. The van der Waals surface area contributed by atoms with E-state index in [4.69, 9.17) is 15.4 Å². The Morgan fingerprint density at radius 3 is 2.44 bits per heavy atom. The lowest BCUT2D eigenvalue weighted by Crippen LogP contribution is -2.36. The largest absolute Gasteiger partial charge is 0.439 e. The molecule has 1 aromatic rings. The van der Waals surface area contributed by atoms with Crippen molar-refractivity contribution in [2.24, 2.45) is 0 Å². The van der Waals surface area contributed by atoms with Gasteiger partial charge in [-0.3, -0.25) is 5.41 Å². The second-order valence-electron chi connectivity index (χ2n) is 5.08. The van der Waals surface area contributed by atoms with Crippen molar-refractivity contribution in [3.8, 4) is 11.8 Å². The van der Waals surface area contributed by atoms with E-state index in [9.17, 15) is 22.0 Å². The average Bonchev–Trinajstić information content (AvgIpc) is 2.73. The van der Waals surface area contributed by atoms with Crippen molar-refractivity contribution >= 4 is 21.8 Å². The summed E-state index contributed by atoms with van der Waals surface area (Å²) >= 11 is 2.86. The van der Waals surface area contributed by atoms with Gasteiger partial charge in [0.25, 0.3) is 0 Å². The van der Waals surface area contributed by atoms with Crippen molar-refractivity contribution in [1.82, 2.24) is 0 Å². The van der Waals surface area contributed by atoms with Gasteiger partial charge in [0.2, 0.25) is 5.90 Å². The van der Waals surface area contributed by atoms with Crippen LogP contribution in [0.15, 0.2) is 39.9 Å². The smallest absolute Gasteiger partial charge is 0.317 e. The average molecular weight is 421 g/mol. The molecule has 0 aromatic heterocycles. The van der Waals surface area contributed by atoms with Crippen LogP contribution < -0.4 is 4.74 Å². The van der Waals surface area contributed by atoms with Crippen molar-refractivity contribution in [3.63, 3.8) is 0 Å². The van der Waals surface area contributed by atoms with Gasteiger partial charge in [0, 0.05) is 16.1 Å². The molecule has 2 unspecified atom stereocenters. The van der Waals surface area contributed by atoms with Gasteiger partial charge in [-0.25, -0.2) is 13.2 Å². The third-order valence-corrected chi connectivity index (χ3v) is 4.33. The van der Waals surface area contributed by atoms with Gasteiger partial charge in [-0.2, -0.15) is 14.0 Å². The molecule has 0 heterocycles. The normalized spacial score (nSPS) is 22.7. The number of hydrogen-bond acceptors (Lipinski definition) is 3. The van der Waals surface area contributed by atoms with Crippen molar-refractivity contribution in [3.05, 3.63) is 51.3 Å². The quantitative estimate of drug-likeness (QED) is 0.426. The highest BCUT2D eigenvalue weighted by atomic mass is 79.9. The van der Waals surface area contributed by atoms with E-state index in [-0.39, 0.29) is 15.8 Å². The Labute approximate surface area is 148 Å². The Kier molecular flexibility index (Phi) is 5.32. The molecule has 0 bridgehead atoms. The summed E-state index contributed by atoms with van der Waals surface area (Å²) in [6.45, 7) is 1.40. The third kappa shape index (κ3) is 3.44. The second kappa shape index (κ2) is 6.96. The van der Waals surface area contributed by atoms with E-state index in [2.05, 4.69) is 15.9 Å². The minimum absolute atomic E-state index is 0.149. The van der Waals surface area contributed by atoms with Crippen LogP contribution in [0.3, 0.4) is 0 Å². The summed E-state index contributed by atoms with van der Waals surface area (Å²) in [5.74, 6) is -6.72. The maximum Gasteiger partial charge on any atom is 0.317 e. The molecule has 1 aromatic carbocycles. The zero-order valence-corrected chi connectivity index (χ0v) is 14.2. The topological polar surface area (TPSA) is 56.9 Å². The zero-order valence-electron chi connectivity index (χ0n) is 12.6. The fourth-order valence-electron chi connectivity index (χ4n) is 2.29. The van der Waals surface area contributed by atoms with E-state index >= 15 is 0 Å². The molecule has 1 aliphatic rings. The van der Waals surface area contributed by atoms with E-state index in [0.29, 0.717) is 0 Å². The number of nitrogens with zero attached hydrogens (tertiary/aromatic N) is 1. The second-order valence-corrected chi connectivity index (χ2v) is 5.94. The van der Waals surface area contributed by atoms with Gasteiger partial charge in [0.1, 0.15) is 11.6 Å². The Bertz CT molecular complexity index is 828. The Hall–Kier alpha value is -2.21. The molecule has 9 heteroatoms. The monoisotopic (exact) mass is 420 g/mol. The summed E-state index contributed by atoms with van der Waals surface area (Å²) in [5.41, 5.74) is -1.88. The highest BCUT2D eigenvalue weighted by molar-refractivity contribution is 9.12. The molecule has 1 aliphatic carbocycles. The summed E-state index contributed by atoms with van der Waals surface area (Å²) in [7, 11) is 0. The number of allylic oxidation sites excluding steroid dienone is 3. The molecule has 0 aliphatic heterocycles. The third-order valence-electron chi connectivity index (χ3n) is 3.45. The summed E-state index contributed by atoms with van der Waals surface area (Å²) in [6.07, 6.45) is -4.87. The van der Waals surface area contributed by atoms with Gasteiger partial charge >= 0.3 is 5.92 Å². The Balaban J connectivity index is 2.47. The highest BCUT2D eigenvalue weighted by Crippen LogP contribution is 2.48. The molecule has 0 saturated heterocycles. The lowest BCUT2D eigenvalue weighted by molar-refractivity contribution is -0.0887. The van der Waals surface area contributed by atoms with Gasteiger partial charge in [-0.05, 0) is 19.1 Å². The van der Waals surface area contributed by atoms with E-state index in [1.807, 2.05) is 0 Å². The van der Waals surface area contributed by atoms with Crippen molar-refractivity contribution in [2.75, 3.05) is 0 Å². The lowest BCUT2D eigenvalue weighted by Gasteiger charge is -2.16. The van der Waals surface area contributed by atoms with Crippen LogP contribution in [-0.2, 0) is 0 Å². The Morgan fingerprint density at radius 2 is 1.88 bits per heavy atom. The van der Waals surface area contributed by atoms with Crippen molar-refractivity contribution in [1.29, 1.82) is 10.7 Å². The van der Waals surface area contributed by atoms with Gasteiger partial charge < -0.3 is 4.74 Å². The van der Waals surface area contributed by atoms with Crippen LogP contribution in [-0.4, -0.2) is 24.2 Å². The molecule has 0 radical (unpaired) electrons. The fourth-order valence-corrected chi connectivity index (χ4v) is 2.70. The summed E-state index contributed by atoms with van der Waals surface area (Å²) in [5, 5.41) is 16.5. The van der Waals surface area contributed by atoms with Gasteiger partial charge in [-0.1, -0.05) is 22.0 Å². The first-order valence-corrected chi connectivity index (χ1v) is 7.62. The van der Waals surface area contributed by atoms with Crippen LogP contribution in [0.1, 0.15) is 12.5 Å². The minimum Gasteiger partial charge on any atom is -0.439 e. The van der Waals surface area contributed by atoms with Crippen molar-refractivity contribution < 1.29 is 26.7 Å². The van der Waals surface area contributed by atoms with Crippen LogP contribution in [0, 0.1) is 22.6 Å². The summed E-state index contributed by atoms with van der Waals surface area (Å²) in [4.78, 5) is 0. The predicted molar refractivity (Wildman–Crippen MR) is 83.9 cm³/mol. The molecule has 2 rings (SSSR count). The van der Waals surface area contributed by atoms with E-state index in [0.717, 1.165) is 18.2 Å². The molecule has 0 saturated carbocycles. The molecular weight excluding hydrogens is 411 g/mol. The number of rotatable bonds is 3. The van der Waals surface area contributed by atoms with Crippen LogP contribution in [0.2, 0.25) is 0 Å². The molecule has 1 N–H and O–H groups in total. The minimum atomic E-state index is -4.37. The molecule has 132 valence electrons. The molecule has 25 heavy (non-hydrogen) atoms. The van der Waals surface area contributed by atoms with Gasteiger partial charge in [-0.15, -0.1) is 0 Å². The Morgan fingerprint density at radius 1 is 1.28 bits per heavy atom. The number of nitriles is 1. The first kappa shape index (κ1) is 19.1. The van der Waals surface area contributed by atoms with E-state index in [1.165, 1.54) is 13.0 Å². The zero-order chi connectivity index (χ0) is 18.9. The van der Waals surface area contributed by atoms with Gasteiger partial charge in [0.05, 0.1) is 17.2 Å². The first-order valence-electron chi connectivity index (χ1n) is 6.83.